The number of anilines is 1. The summed E-state index contributed by atoms with van der Waals surface area (Å²) in [5.74, 6) is -0.429. The van der Waals surface area contributed by atoms with Crippen LogP contribution in [0.4, 0.5) is 5.69 Å². The van der Waals surface area contributed by atoms with Gasteiger partial charge in [-0.3, -0.25) is 13.9 Å². The first kappa shape index (κ1) is 28.3. The number of hydrogen-bond acceptors (Lipinski definition) is 5. The molecular formula is C26H27Cl2N3O5S. The third kappa shape index (κ3) is 6.74. The highest BCUT2D eigenvalue weighted by molar-refractivity contribution is 7.92. The summed E-state index contributed by atoms with van der Waals surface area (Å²) in [7, 11) is -1.23. The molecule has 0 radical (unpaired) electrons. The fourth-order valence-corrected chi connectivity index (χ4v) is 5.69. The van der Waals surface area contributed by atoms with Gasteiger partial charge in [0.1, 0.15) is 18.3 Å². The summed E-state index contributed by atoms with van der Waals surface area (Å²) >= 11 is 12.4. The van der Waals surface area contributed by atoms with Gasteiger partial charge >= 0.3 is 0 Å². The van der Waals surface area contributed by atoms with E-state index in [4.69, 9.17) is 27.9 Å². The van der Waals surface area contributed by atoms with Crippen LogP contribution in [0.3, 0.4) is 0 Å². The van der Waals surface area contributed by atoms with E-state index < -0.39 is 34.4 Å². The van der Waals surface area contributed by atoms with Crippen molar-refractivity contribution in [2.75, 3.05) is 25.0 Å². The number of benzene rings is 3. The maximum Gasteiger partial charge on any atom is 0.264 e. The number of rotatable bonds is 10. The zero-order chi connectivity index (χ0) is 27.2. The van der Waals surface area contributed by atoms with E-state index in [1.807, 2.05) is 0 Å². The molecule has 2 amide bonds. The Morgan fingerprint density at radius 1 is 1.00 bits per heavy atom. The minimum Gasteiger partial charge on any atom is -0.497 e. The molecule has 0 heterocycles. The van der Waals surface area contributed by atoms with E-state index in [9.17, 15) is 18.0 Å². The lowest BCUT2D eigenvalue weighted by Gasteiger charge is -2.32. The Hall–Kier alpha value is -3.27. The number of methoxy groups -OCH3 is 1. The van der Waals surface area contributed by atoms with Crippen molar-refractivity contribution >= 4 is 50.7 Å². The third-order valence-corrected chi connectivity index (χ3v) is 8.00. The maximum absolute atomic E-state index is 13.7. The molecule has 8 nitrogen and oxygen atoms in total. The monoisotopic (exact) mass is 563 g/mol. The maximum atomic E-state index is 13.7. The number of halogens is 2. The molecule has 3 aromatic carbocycles. The van der Waals surface area contributed by atoms with Crippen molar-refractivity contribution in [1.29, 1.82) is 0 Å². The second kappa shape index (κ2) is 12.3. The number of hydrogen-bond donors (Lipinski definition) is 1. The molecule has 0 spiro atoms. The summed E-state index contributed by atoms with van der Waals surface area (Å²) < 4.78 is 33.6. The van der Waals surface area contributed by atoms with Gasteiger partial charge in [0, 0.05) is 18.6 Å². The number of sulfonamides is 1. The molecule has 0 saturated heterocycles. The first-order valence-corrected chi connectivity index (χ1v) is 13.4. The Labute approximate surface area is 226 Å². The van der Waals surface area contributed by atoms with Crippen LogP contribution in [-0.4, -0.2) is 51.9 Å². The van der Waals surface area contributed by atoms with Crippen molar-refractivity contribution in [1.82, 2.24) is 10.2 Å². The summed E-state index contributed by atoms with van der Waals surface area (Å²) in [4.78, 5) is 27.6. The molecule has 0 bridgehead atoms. The van der Waals surface area contributed by atoms with Crippen LogP contribution in [0.15, 0.2) is 77.7 Å². The minimum atomic E-state index is -4.22. The first-order chi connectivity index (χ1) is 17.6. The number of nitrogens with zero attached hydrogens (tertiary/aromatic N) is 2. The highest BCUT2D eigenvalue weighted by atomic mass is 35.5. The Bertz CT molecular complexity index is 1370. The quantitative estimate of drug-likeness (QED) is 0.395. The van der Waals surface area contributed by atoms with E-state index in [1.165, 1.54) is 49.4 Å². The molecule has 196 valence electrons. The normalized spacial score (nSPS) is 11.9. The summed E-state index contributed by atoms with van der Waals surface area (Å²) in [5.41, 5.74) is 0.780. The van der Waals surface area contributed by atoms with Crippen LogP contribution in [0, 0.1) is 0 Å². The smallest absolute Gasteiger partial charge is 0.264 e. The van der Waals surface area contributed by atoms with E-state index in [0.29, 0.717) is 16.3 Å². The van der Waals surface area contributed by atoms with E-state index in [0.717, 1.165) is 4.31 Å². The number of carbonyl (C=O) groups is 2. The van der Waals surface area contributed by atoms with Crippen LogP contribution in [0.1, 0.15) is 12.5 Å². The van der Waals surface area contributed by atoms with E-state index in [2.05, 4.69) is 5.32 Å². The Morgan fingerprint density at radius 2 is 1.70 bits per heavy atom. The molecule has 3 aromatic rings. The molecule has 37 heavy (non-hydrogen) atoms. The van der Waals surface area contributed by atoms with Crippen LogP contribution >= 0.6 is 23.2 Å². The molecule has 1 N–H and O–H groups in total. The van der Waals surface area contributed by atoms with Gasteiger partial charge in [-0.15, -0.1) is 0 Å². The van der Waals surface area contributed by atoms with E-state index >= 15 is 0 Å². The fraction of sp³-hybridized carbons (Fsp3) is 0.231. The summed E-state index contributed by atoms with van der Waals surface area (Å²) in [6, 6.07) is 18.2. The summed E-state index contributed by atoms with van der Waals surface area (Å²) in [5, 5.41) is 2.90. The van der Waals surface area contributed by atoms with E-state index in [-0.39, 0.29) is 22.2 Å². The van der Waals surface area contributed by atoms with Crippen molar-refractivity contribution in [2.24, 2.45) is 0 Å². The molecule has 0 aliphatic rings. The van der Waals surface area contributed by atoms with Gasteiger partial charge in [-0.25, -0.2) is 8.42 Å². The first-order valence-electron chi connectivity index (χ1n) is 11.2. The van der Waals surface area contributed by atoms with Crippen molar-refractivity contribution in [3.8, 4) is 5.75 Å². The lowest BCUT2D eigenvalue weighted by Crippen LogP contribution is -2.50. The Kier molecular flexibility index (Phi) is 9.42. The van der Waals surface area contributed by atoms with Gasteiger partial charge < -0.3 is 15.0 Å². The molecule has 0 fully saturated rings. The van der Waals surface area contributed by atoms with Crippen LogP contribution < -0.4 is 14.4 Å². The Morgan fingerprint density at radius 3 is 2.32 bits per heavy atom. The molecule has 11 heteroatoms. The van der Waals surface area contributed by atoms with Gasteiger partial charge in [0.15, 0.2) is 0 Å². The second-order valence-corrected chi connectivity index (χ2v) is 10.8. The largest absolute Gasteiger partial charge is 0.497 e. The zero-order valence-electron chi connectivity index (χ0n) is 20.5. The van der Waals surface area contributed by atoms with Crippen LogP contribution in [0.25, 0.3) is 0 Å². The Balaban J connectivity index is 2.06. The van der Waals surface area contributed by atoms with Crippen molar-refractivity contribution < 1.29 is 22.7 Å². The average molecular weight is 564 g/mol. The minimum absolute atomic E-state index is 0.0208. The fourth-order valence-electron chi connectivity index (χ4n) is 3.68. The van der Waals surface area contributed by atoms with Crippen molar-refractivity contribution in [2.45, 2.75) is 24.4 Å². The van der Waals surface area contributed by atoms with Gasteiger partial charge in [0.05, 0.1) is 22.7 Å². The lowest BCUT2D eigenvalue weighted by atomic mass is 10.1. The van der Waals surface area contributed by atoms with Gasteiger partial charge in [-0.05, 0) is 55.0 Å². The number of amides is 2. The van der Waals surface area contributed by atoms with Crippen LogP contribution in [0.5, 0.6) is 5.75 Å². The average Bonchev–Trinajstić information content (AvgIpc) is 2.90. The lowest BCUT2D eigenvalue weighted by molar-refractivity contribution is -0.139. The predicted molar refractivity (Wildman–Crippen MR) is 145 cm³/mol. The number of ether oxygens (including phenoxy) is 1. The molecular weight excluding hydrogens is 537 g/mol. The zero-order valence-corrected chi connectivity index (χ0v) is 22.8. The van der Waals surface area contributed by atoms with E-state index in [1.54, 1.807) is 49.4 Å². The van der Waals surface area contributed by atoms with Crippen molar-refractivity contribution in [3.05, 3.63) is 88.4 Å². The van der Waals surface area contributed by atoms with Gasteiger partial charge in [0.2, 0.25) is 11.8 Å². The third-order valence-electron chi connectivity index (χ3n) is 5.69. The standard InChI is InChI=1S/C26H27Cl2N3O5S/c1-18(26(33)29-2)30(16-19-8-7-9-21(14-19)36-3)25(32)17-31(24-13-12-20(27)15-23(24)28)37(34,35)22-10-5-4-6-11-22/h4-15,18H,16-17H2,1-3H3,(H,29,33)/t18-/m1/s1. The molecule has 1 atom stereocenters. The molecule has 0 unspecified atom stereocenters. The predicted octanol–water partition coefficient (Wildman–Crippen LogP) is 4.36. The highest BCUT2D eigenvalue weighted by Crippen LogP contribution is 2.33. The molecule has 3 rings (SSSR count). The molecule has 0 aliphatic carbocycles. The van der Waals surface area contributed by atoms with Gasteiger partial charge in [-0.2, -0.15) is 0 Å². The number of likely N-dealkylation sites (N-methyl/N-ethyl adjacent to an activating group) is 1. The van der Waals surface area contributed by atoms with Gasteiger partial charge in [-0.1, -0.05) is 53.5 Å². The van der Waals surface area contributed by atoms with Gasteiger partial charge in [0.25, 0.3) is 10.0 Å². The molecule has 0 saturated carbocycles. The highest BCUT2D eigenvalue weighted by Gasteiger charge is 2.33. The molecule has 0 aliphatic heterocycles. The SMILES string of the molecule is CNC(=O)[C@@H](C)N(Cc1cccc(OC)c1)C(=O)CN(c1ccc(Cl)cc1Cl)S(=O)(=O)c1ccccc1. The number of nitrogens with one attached hydrogen (secondary N) is 1. The number of carbonyl (C=O) groups excluding carboxylic acids is 2. The topological polar surface area (TPSA) is 96.0 Å². The summed E-state index contributed by atoms with van der Waals surface area (Å²) in [6.45, 7) is 1.00. The summed E-state index contributed by atoms with van der Waals surface area (Å²) in [6.07, 6.45) is 0. The van der Waals surface area contributed by atoms with Crippen LogP contribution in [0.2, 0.25) is 10.0 Å². The molecule has 0 aromatic heterocycles. The van der Waals surface area contributed by atoms with Crippen molar-refractivity contribution in [3.63, 3.8) is 0 Å². The van der Waals surface area contributed by atoms with Crippen LogP contribution in [-0.2, 0) is 26.2 Å². The second-order valence-electron chi connectivity index (χ2n) is 8.08.